The highest BCUT2D eigenvalue weighted by Crippen LogP contribution is 2.31. The second-order valence-electron chi connectivity index (χ2n) is 4.02. The number of guanidine groups is 1. The molecule has 2 rings (SSSR count). The average Bonchev–Trinajstić information content (AvgIpc) is 2.37. The van der Waals surface area contributed by atoms with Crippen molar-refractivity contribution in [3.8, 4) is 0 Å². The van der Waals surface area contributed by atoms with Crippen molar-refractivity contribution >= 4 is 29.9 Å². The molecule has 3 nitrogen and oxygen atoms in total. The standard InChI is InChI=1S/C12H14F3N3.HI/c13-12(14,15)10-5-2-1-4-9(10)8-18-11-16-6-3-7-17-11;/h1-2,4-5H,3,6-8H2,(H2,16,17,18);1H. The van der Waals surface area contributed by atoms with Gasteiger partial charge >= 0.3 is 6.18 Å². The Labute approximate surface area is 126 Å². The van der Waals surface area contributed by atoms with Gasteiger partial charge in [-0.25, -0.2) is 0 Å². The second kappa shape index (κ2) is 6.97. The SMILES string of the molecule is FC(F)(F)c1ccccc1CNC1=NCCCN1.I. The monoisotopic (exact) mass is 385 g/mol. The summed E-state index contributed by atoms with van der Waals surface area (Å²) in [6, 6.07) is 5.55. The summed E-state index contributed by atoms with van der Waals surface area (Å²) in [5.41, 5.74) is -0.381. The molecule has 1 aromatic rings. The van der Waals surface area contributed by atoms with Gasteiger partial charge in [0, 0.05) is 19.6 Å². The summed E-state index contributed by atoms with van der Waals surface area (Å²) < 4.78 is 38.2. The van der Waals surface area contributed by atoms with E-state index < -0.39 is 11.7 Å². The van der Waals surface area contributed by atoms with E-state index in [1.807, 2.05) is 0 Å². The number of rotatable bonds is 2. The van der Waals surface area contributed by atoms with Crippen molar-refractivity contribution in [1.29, 1.82) is 0 Å². The van der Waals surface area contributed by atoms with Gasteiger partial charge in [0.2, 0.25) is 0 Å². The smallest absolute Gasteiger partial charge is 0.356 e. The molecular formula is C12H15F3IN3. The molecule has 0 fully saturated rings. The average molecular weight is 385 g/mol. The Balaban J connectivity index is 0.00000180. The maximum Gasteiger partial charge on any atom is 0.416 e. The van der Waals surface area contributed by atoms with Gasteiger partial charge < -0.3 is 10.6 Å². The van der Waals surface area contributed by atoms with Gasteiger partial charge in [0.05, 0.1) is 5.56 Å². The normalized spacial score (nSPS) is 15.0. The molecule has 0 spiro atoms. The highest BCUT2D eigenvalue weighted by atomic mass is 127. The molecule has 7 heteroatoms. The maximum absolute atomic E-state index is 12.7. The van der Waals surface area contributed by atoms with E-state index in [1.165, 1.54) is 12.1 Å². The van der Waals surface area contributed by atoms with Crippen molar-refractivity contribution in [2.24, 2.45) is 4.99 Å². The van der Waals surface area contributed by atoms with Crippen molar-refractivity contribution in [2.45, 2.75) is 19.1 Å². The zero-order valence-corrected chi connectivity index (χ0v) is 12.5. The third-order valence-corrected chi connectivity index (χ3v) is 2.67. The largest absolute Gasteiger partial charge is 0.416 e. The molecular weight excluding hydrogens is 370 g/mol. The number of aliphatic imine (C=N–C) groups is 1. The van der Waals surface area contributed by atoms with Gasteiger partial charge in [-0.3, -0.25) is 4.99 Å². The van der Waals surface area contributed by atoms with Crippen LogP contribution in [0, 0.1) is 0 Å². The van der Waals surface area contributed by atoms with Gasteiger partial charge in [-0.2, -0.15) is 13.2 Å². The fourth-order valence-corrected chi connectivity index (χ4v) is 1.78. The van der Waals surface area contributed by atoms with Crippen molar-refractivity contribution in [1.82, 2.24) is 10.6 Å². The van der Waals surface area contributed by atoms with Crippen LogP contribution >= 0.6 is 24.0 Å². The van der Waals surface area contributed by atoms with Crippen LogP contribution in [0.15, 0.2) is 29.3 Å². The lowest BCUT2D eigenvalue weighted by molar-refractivity contribution is -0.138. The number of benzene rings is 1. The molecule has 1 aromatic carbocycles. The van der Waals surface area contributed by atoms with E-state index in [0.717, 1.165) is 19.0 Å². The van der Waals surface area contributed by atoms with Crippen LogP contribution in [0.1, 0.15) is 17.5 Å². The van der Waals surface area contributed by atoms with Gasteiger partial charge in [0.1, 0.15) is 0 Å². The highest BCUT2D eigenvalue weighted by molar-refractivity contribution is 14.0. The first-order chi connectivity index (χ1) is 8.57. The molecule has 0 amide bonds. The van der Waals surface area contributed by atoms with E-state index in [2.05, 4.69) is 15.6 Å². The fraction of sp³-hybridized carbons (Fsp3) is 0.417. The van der Waals surface area contributed by atoms with E-state index in [-0.39, 0.29) is 36.1 Å². The number of nitrogens with one attached hydrogen (secondary N) is 2. The molecule has 19 heavy (non-hydrogen) atoms. The molecule has 0 atom stereocenters. The summed E-state index contributed by atoms with van der Waals surface area (Å²) in [6.07, 6.45) is -3.37. The molecule has 1 aliphatic heterocycles. The number of hydrogen-bond acceptors (Lipinski definition) is 3. The molecule has 1 heterocycles. The zero-order chi connectivity index (χ0) is 13.0. The first kappa shape index (κ1) is 16.1. The van der Waals surface area contributed by atoms with Crippen molar-refractivity contribution in [3.63, 3.8) is 0 Å². The summed E-state index contributed by atoms with van der Waals surface area (Å²) in [5.74, 6) is 0.568. The van der Waals surface area contributed by atoms with Crippen LogP contribution in [-0.2, 0) is 12.7 Å². The molecule has 0 saturated heterocycles. The lowest BCUT2D eigenvalue weighted by Crippen LogP contribution is -2.40. The fourth-order valence-electron chi connectivity index (χ4n) is 1.78. The Bertz CT molecular complexity index is 446. The maximum atomic E-state index is 12.7. The van der Waals surface area contributed by atoms with E-state index in [4.69, 9.17) is 0 Å². The second-order valence-corrected chi connectivity index (χ2v) is 4.02. The molecule has 0 aromatic heterocycles. The molecule has 106 valence electrons. The minimum Gasteiger partial charge on any atom is -0.356 e. The minimum atomic E-state index is -4.32. The van der Waals surface area contributed by atoms with Crippen LogP contribution in [-0.4, -0.2) is 19.0 Å². The first-order valence-electron chi connectivity index (χ1n) is 5.74. The molecule has 0 radical (unpaired) electrons. The predicted octanol–water partition coefficient (Wildman–Crippen LogP) is 2.76. The Morgan fingerprint density at radius 2 is 2.00 bits per heavy atom. The summed E-state index contributed by atoms with van der Waals surface area (Å²) >= 11 is 0. The number of alkyl halides is 3. The molecule has 1 aliphatic rings. The third-order valence-electron chi connectivity index (χ3n) is 2.67. The summed E-state index contributed by atoms with van der Waals surface area (Å²) in [4.78, 5) is 4.15. The number of halogens is 4. The van der Waals surface area contributed by atoms with Gasteiger partial charge in [-0.05, 0) is 18.1 Å². The van der Waals surface area contributed by atoms with Crippen LogP contribution < -0.4 is 10.6 Å². The molecule has 0 saturated carbocycles. The van der Waals surface area contributed by atoms with Gasteiger partial charge in [-0.15, -0.1) is 24.0 Å². The summed E-state index contributed by atoms with van der Waals surface area (Å²) in [5, 5.41) is 5.89. The highest BCUT2D eigenvalue weighted by Gasteiger charge is 2.32. The Morgan fingerprint density at radius 3 is 2.63 bits per heavy atom. The summed E-state index contributed by atoms with van der Waals surface area (Å²) in [6.45, 7) is 1.62. The van der Waals surface area contributed by atoms with Crippen molar-refractivity contribution < 1.29 is 13.2 Å². The Kier molecular flexibility index (Phi) is 5.89. The lowest BCUT2D eigenvalue weighted by Gasteiger charge is -2.18. The van der Waals surface area contributed by atoms with Crippen molar-refractivity contribution in [3.05, 3.63) is 35.4 Å². The van der Waals surface area contributed by atoms with E-state index in [9.17, 15) is 13.2 Å². The summed E-state index contributed by atoms with van der Waals surface area (Å²) in [7, 11) is 0. The van der Waals surface area contributed by atoms with Crippen LogP contribution in [0.5, 0.6) is 0 Å². The minimum absolute atomic E-state index is 0. The molecule has 2 N–H and O–H groups in total. The molecule has 0 bridgehead atoms. The van der Waals surface area contributed by atoms with Crippen LogP contribution in [0.2, 0.25) is 0 Å². The topological polar surface area (TPSA) is 36.4 Å². The zero-order valence-electron chi connectivity index (χ0n) is 10.1. The van der Waals surface area contributed by atoms with E-state index >= 15 is 0 Å². The molecule has 0 aliphatic carbocycles. The van der Waals surface area contributed by atoms with E-state index in [0.29, 0.717) is 12.5 Å². The number of hydrogen-bond donors (Lipinski definition) is 2. The predicted molar refractivity (Wildman–Crippen MR) is 78.6 cm³/mol. The van der Waals surface area contributed by atoms with Crippen LogP contribution in [0.25, 0.3) is 0 Å². The van der Waals surface area contributed by atoms with Crippen LogP contribution in [0.4, 0.5) is 13.2 Å². The van der Waals surface area contributed by atoms with Crippen LogP contribution in [0.3, 0.4) is 0 Å². The van der Waals surface area contributed by atoms with Gasteiger partial charge in [0.25, 0.3) is 0 Å². The van der Waals surface area contributed by atoms with Crippen molar-refractivity contribution in [2.75, 3.05) is 13.1 Å². The van der Waals surface area contributed by atoms with Gasteiger partial charge in [-0.1, -0.05) is 18.2 Å². The Hall–Kier alpha value is -0.990. The van der Waals surface area contributed by atoms with E-state index in [1.54, 1.807) is 6.07 Å². The Morgan fingerprint density at radius 1 is 1.26 bits per heavy atom. The quantitative estimate of drug-likeness (QED) is 0.769. The number of nitrogens with zero attached hydrogens (tertiary/aromatic N) is 1. The van der Waals surface area contributed by atoms with Gasteiger partial charge in [0.15, 0.2) is 5.96 Å². The molecule has 0 unspecified atom stereocenters. The lowest BCUT2D eigenvalue weighted by atomic mass is 10.1. The third kappa shape index (κ3) is 4.55. The first-order valence-corrected chi connectivity index (χ1v) is 5.74.